The van der Waals surface area contributed by atoms with Crippen LogP contribution in [0.3, 0.4) is 0 Å². The molecule has 4 saturated heterocycles. The van der Waals surface area contributed by atoms with Gasteiger partial charge in [0, 0.05) is 42.7 Å². The Balaban J connectivity index is 1.22. The number of phenols is 1. The highest BCUT2D eigenvalue weighted by atomic mass is 19.1. The lowest BCUT2D eigenvalue weighted by Crippen LogP contribution is -2.51. The van der Waals surface area contributed by atoms with E-state index in [4.69, 9.17) is 25.9 Å². The third-order valence-electron chi connectivity index (χ3n) is 11.3. The Morgan fingerprint density at radius 2 is 1.89 bits per heavy atom. The Kier molecular flexibility index (Phi) is 6.38. The number of pyridine rings is 1. The lowest BCUT2D eigenvalue weighted by molar-refractivity contribution is 0.107. The first kappa shape index (κ1) is 28.9. The Hall–Kier alpha value is -4.27. The molecule has 242 valence electrons. The number of hydrogen-bond donors (Lipinski definition) is 2. The van der Waals surface area contributed by atoms with E-state index in [2.05, 4.69) is 26.0 Å². The quantitative estimate of drug-likeness (QED) is 0.278. The fraction of sp³-hybridized carbons (Fsp3) is 0.472. The summed E-state index contributed by atoms with van der Waals surface area (Å²) in [6.07, 6.45) is 13.7. The molecule has 5 fully saturated rings. The number of phenolic OH excluding ortho intramolecular Hbond substituents is 1. The number of halogens is 2. The van der Waals surface area contributed by atoms with Crippen molar-refractivity contribution in [3.63, 3.8) is 0 Å². The smallest absolute Gasteiger partial charge is 0.319 e. The predicted octanol–water partition coefficient (Wildman–Crippen LogP) is 5.16. The molecule has 9 nitrogen and oxygen atoms in total. The molecular formula is C36H36F2N6O3. The average Bonchev–Trinajstić information content (AvgIpc) is 3.43. The lowest BCUT2D eigenvalue weighted by Gasteiger charge is -2.35. The fourth-order valence-electron chi connectivity index (χ4n) is 8.97. The number of ether oxygens (including phenoxy) is 2. The van der Waals surface area contributed by atoms with Gasteiger partial charge in [0.25, 0.3) is 0 Å². The molecule has 3 unspecified atom stereocenters. The summed E-state index contributed by atoms with van der Waals surface area (Å²) in [5.74, 6) is 1.50. The zero-order chi connectivity index (χ0) is 32.1. The van der Waals surface area contributed by atoms with E-state index in [0.717, 1.165) is 45.2 Å². The van der Waals surface area contributed by atoms with Gasteiger partial charge in [0.05, 0.1) is 18.2 Å². The molecule has 4 aromatic rings. The van der Waals surface area contributed by atoms with Gasteiger partial charge in [0.1, 0.15) is 40.6 Å². The maximum absolute atomic E-state index is 17.1. The van der Waals surface area contributed by atoms with Crippen LogP contribution in [0.5, 0.6) is 17.6 Å². The first-order chi connectivity index (χ1) is 22.8. The van der Waals surface area contributed by atoms with Gasteiger partial charge in [-0.3, -0.25) is 4.90 Å². The van der Waals surface area contributed by atoms with E-state index >= 15 is 4.39 Å². The number of anilines is 1. The molecular weight excluding hydrogens is 602 g/mol. The molecule has 0 radical (unpaired) electrons. The van der Waals surface area contributed by atoms with E-state index in [1.54, 1.807) is 0 Å². The van der Waals surface area contributed by atoms with Gasteiger partial charge in [0.15, 0.2) is 5.82 Å². The number of rotatable bonds is 6. The Morgan fingerprint density at radius 1 is 1.09 bits per heavy atom. The molecule has 4 aliphatic heterocycles. The number of aromatic nitrogens is 3. The van der Waals surface area contributed by atoms with Gasteiger partial charge in [-0.05, 0) is 80.5 Å². The first-order valence-electron chi connectivity index (χ1n) is 16.5. The third kappa shape index (κ3) is 4.52. The van der Waals surface area contributed by atoms with E-state index in [1.165, 1.54) is 44.2 Å². The molecule has 11 heteroatoms. The molecule has 0 amide bonds. The van der Waals surface area contributed by atoms with Gasteiger partial charge in [-0.25, -0.2) is 13.8 Å². The number of methoxy groups -OCH3 is 1. The molecule has 1 saturated carbocycles. The van der Waals surface area contributed by atoms with Crippen molar-refractivity contribution >= 4 is 27.5 Å². The van der Waals surface area contributed by atoms with E-state index in [-0.39, 0.29) is 50.9 Å². The van der Waals surface area contributed by atoms with E-state index in [9.17, 15) is 9.50 Å². The molecule has 9 rings (SSSR count). The van der Waals surface area contributed by atoms with Crippen LogP contribution in [0.15, 0.2) is 24.3 Å². The number of nitrogens with zero attached hydrogens (tertiary/aromatic N) is 5. The van der Waals surface area contributed by atoms with Crippen LogP contribution >= 0.6 is 0 Å². The number of nitrogens with one attached hydrogen (secondary N) is 1. The van der Waals surface area contributed by atoms with Crippen LogP contribution in [0.2, 0.25) is 0 Å². The van der Waals surface area contributed by atoms with Crippen LogP contribution in [0.4, 0.5) is 14.6 Å². The maximum atomic E-state index is 17.1. The third-order valence-corrected chi connectivity index (χ3v) is 11.3. The summed E-state index contributed by atoms with van der Waals surface area (Å²) >= 11 is 0. The molecule has 47 heavy (non-hydrogen) atoms. The summed E-state index contributed by atoms with van der Waals surface area (Å²) in [5, 5.41) is 15.3. The molecule has 5 aliphatic rings. The molecule has 3 atom stereocenters. The van der Waals surface area contributed by atoms with Crippen molar-refractivity contribution in [2.75, 3.05) is 44.8 Å². The molecule has 2 aromatic heterocycles. The second-order valence-corrected chi connectivity index (χ2v) is 14.3. The number of hydrogen-bond acceptors (Lipinski definition) is 9. The predicted molar refractivity (Wildman–Crippen MR) is 174 cm³/mol. The minimum absolute atomic E-state index is 0.0150. The summed E-state index contributed by atoms with van der Waals surface area (Å²) in [4.78, 5) is 19.0. The zero-order valence-electron chi connectivity index (χ0n) is 26.3. The number of terminal acetylenes is 1. The summed E-state index contributed by atoms with van der Waals surface area (Å²) in [6, 6.07) is 6.22. The van der Waals surface area contributed by atoms with Gasteiger partial charge >= 0.3 is 6.01 Å². The van der Waals surface area contributed by atoms with Crippen LogP contribution in [-0.4, -0.2) is 82.5 Å². The Morgan fingerprint density at radius 3 is 2.64 bits per heavy atom. The van der Waals surface area contributed by atoms with Gasteiger partial charge < -0.3 is 24.8 Å². The van der Waals surface area contributed by atoms with Gasteiger partial charge in [-0.1, -0.05) is 12.0 Å². The number of benzene rings is 2. The van der Waals surface area contributed by atoms with E-state index in [0.29, 0.717) is 53.8 Å². The monoisotopic (exact) mass is 638 g/mol. The van der Waals surface area contributed by atoms with Crippen LogP contribution in [0.1, 0.15) is 50.5 Å². The highest BCUT2D eigenvalue weighted by molar-refractivity contribution is 6.04. The second kappa shape index (κ2) is 10.4. The van der Waals surface area contributed by atoms with Crippen LogP contribution in [0.25, 0.3) is 32.9 Å². The zero-order valence-corrected chi connectivity index (χ0v) is 26.3. The SMILES string of the molecule is C#Cc1c(F)ccc2cc(O)cc(-c3nc(OC)c4c(N5CC6CCC(C5)N6)nc(OCC56CCCN5CC5(CC5)C6)nc4c3F)c12. The minimum Gasteiger partial charge on any atom is -0.508 e. The van der Waals surface area contributed by atoms with Gasteiger partial charge in [0.2, 0.25) is 5.88 Å². The molecule has 2 N–H and O–H groups in total. The highest BCUT2D eigenvalue weighted by Crippen LogP contribution is 2.60. The van der Waals surface area contributed by atoms with Crippen molar-refractivity contribution in [3.05, 3.63) is 41.5 Å². The number of fused-ring (bicyclic) bond motifs is 5. The Bertz CT molecular complexity index is 2000. The molecule has 1 aliphatic carbocycles. The standard InChI is InChI=1S/C36H36F2N6O3/c1-3-24-26(37)8-5-20-13-23(45)14-25(27(20)24)30-29(38)31-28(33(40-30)46-2)32(43-15-21-6-7-22(16-43)39-21)42-34(41-31)47-19-36-9-4-12-44(36)18-35(17-36)10-11-35/h1,5,8,13-14,21-22,39,45H,4,6-7,9-12,15-19H2,2H3. The van der Waals surface area contributed by atoms with Crippen molar-refractivity contribution < 1.29 is 23.4 Å². The molecule has 2 bridgehead atoms. The first-order valence-corrected chi connectivity index (χ1v) is 16.5. The van der Waals surface area contributed by atoms with Crippen molar-refractivity contribution in [2.24, 2.45) is 5.41 Å². The van der Waals surface area contributed by atoms with Crippen LogP contribution in [-0.2, 0) is 0 Å². The largest absolute Gasteiger partial charge is 0.508 e. The molecule has 1 spiro atoms. The maximum Gasteiger partial charge on any atom is 0.319 e. The van der Waals surface area contributed by atoms with Gasteiger partial charge in [-0.15, -0.1) is 6.42 Å². The summed E-state index contributed by atoms with van der Waals surface area (Å²) in [7, 11) is 1.47. The van der Waals surface area contributed by atoms with Crippen molar-refractivity contribution in [1.29, 1.82) is 0 Å². The normalized spacial score (nSPS) is 25.9. The van der Waals surface area contributed by atoms with Crippen molar-refractivity contribution in [3.8, 4) is 41.2 Å². The van der Waals surface area contributed by atoms with Crippen molar-refractivity contribution in [2.45, 2.75) is 62.6 Å². The second-order valence-electron chi connectivity index (χ2n) is 14.3. The van der Waals surface area contributed by atoms with Crippen LogP contribution in [0, 0.1) is 29.4 Å². The minimum atomic E-state index is -0.759. The topological polar surface area (TPSA) is 95.9 Å². The fourth-order valence-corrected chi connectivity index (χ4v) is 8.97. The van der Waals surface area contributed by atoms with Gasteiger partial charge in [-0.2, -0.15) is 9.97 Å². The van der Waals surface area contributed by atoms with E-state index < -0.39 is 11.6 Å². The summed E-state index contributed by atoms with van der Waals surface area (Å²) in [6.45, 7) is 4.00. The molecule has 2 aromatic carbocycles. The van der Waals surface area contributed by atoms with E-state index in [1.807, 2.05) is 0 Å². The Labute approximate surface area is 271 Å². The lowest BCUT2D eigenvalue weighted by atomic mass is 9.89. The summed E-state index contributed by atoms with van der Waals surface area (Å²) in [5.41, 5.74) is 0.263. The highest BCUT2D eigenvalue weighted by Gasteiger charge is 2.60. The summed E-state index contributed by atoms with van der Waals surface area (Å²) < 4.78 is 44.4. The molecule has 6 heterocycles. The number of aromatic hydroxyl groups is 1. The average molecular weight is 639 g/mol. The van der Waals surface area contributed by atoms with Crippen LogP contribution < -0.4 is 19.7 Å². The number of piperazine rings is 1. The van der Waals surface area contributed by atoms with Crippen molar-refractivity contribution in [1.82, 2.24) is 25.2 Å².